The van der Waals surface area contributed by atoms with Crippen molar-refractivity contribution >= 4 is 34.0 Å². The SMILES string of the molecule is CCOc1ccc(CCC(=O)Nc2nc(-c3ccc(NC(C)=O)cc3)cs2)cc1. The van der Waals surface area contributed by atoms with E-state index in [1.165, 1.54) is 18.3 Å². The zero-order valence-corrected chi connectivity index (χ0v) is 17.2. The Kier molecular flexibility index (Phi) is 6.97. The smallest absolute Gasteiger partial charge is 0.226 e. The van der Waals surface area contributed by atoms with Crippen molar-refractivity contribution in [1.29, 1.82) is 0 Å². The molecule has 0 aliphatic heterocycles. The number of thiazole rings is 1. The summed E-state index contributed by atoms with van der Waals surface area (Å²) < 4.78 is 5.42. The number of carbonyl (C=O) groups excluding carboxylic acids is 2. The van der Waals surface area contributed by atoms with Gasteiger partial charge in [-0.3, -0.25) is 9.59 Å². The maximum atomic E-state index is 12.2. The van der Waals surface area contributed by atoms with Crippen molar-refractivity contribution < 1.29 is 14.3 Å². The molecule has 29 heavy (non-hydrogen) atoms. The molecule has 6 nitrogen and oxygen atoms in total. The van der Waals surface area contributed by atoms with Crippen molar-refractivity contribution in [2.45, 2.75) is 26.7 Å². The average Bonchev–Trinajstić information content (AvgIpc) is 3.16. The van der Waals surface area contributed by atoms with E-state index in [2.05, 4.69) is 15.6 Å². The van der Waals surface area contributed by atoms with Gasteiger partial charge in [0.15, 0.2) is 5.13 Å². The molecule has 0 radical (unpaired) electrons. The first-order valence-corrected chi connectivity index (χ1v) is 10.3. The maximum Gasteiger partial charge on any atom is 0.226 e. The highest BCUT2D eigenvalue weighted by Crippen LogP contribution is 2.26. The molecule has 0 atom stereocenters. The molecule has 0 spiro atoms. The molecule has 0 unspecified atom stereocenters. The van der Waals surface area contributed by atoms with Crippen LogP contribution in [0, 0.1) is 0 Å². The molecule has 2 N–H and O–H groups in total. The van der Waals surface area contributed by atoms with Crippen LogP contribution in [0.15, 0.2) is 53.9 Å². The molecule has 0 aliphatic rings. The predicted molar refractivity (Wildman–Crippen MR) is 116 cm³/mol. The number of hydrogen-bond acceptors (Lipinski definition) is 5. The van der Waals surface area contributed by atoms with E-state index in [0.717, 1.165) is 28.3 Å². The van der Waals surface area contributed by atoms with Crippen LogP contribution in [0.5, 0.6) is 5.75 Å². The molecule has 1 aromatic heterocycles. The van der Waals surface area contributed by atoms with Crippen LogP contribution in [0.1, 0.15) is 25.8 Å². The van der Waals surface area contributed by atoms with E-state index in [1.807, 2.05) is 60.8 Å². The molecule has 150 valence electrons. The van der Waals surface area contributed by atoms with Crippen molar-refractivity contribution in [3.05, 3.63) is 59.5 Å². The summed E-state index contributed by atoms with van der Waals surface area (Å²) in [5, 5.41) is 8.06. The Balaban J connectivity index is 1.52. The Morgan fingerprint density at radius 1 is 1.03 bits per heavy atom. The molecule has 0 saturated heterocycles. The van der Waals surface area contributed by atoms with E-state index >= 15 is 0 Å². The second-order valence-electron chi connectivity index (χ2n) is 6.42. The second kappa shape index (κ2) is 9.84. The van der Waals surface area contributed by atoms with Gasteiger partial charge in [0.1, 0.15) is 5.75 Å². The quantitative estimate of drug-likeness (QED) is 0.563. The minimum Gasteiger partial charge on any atom is -0.494 e. The van der Waals surface area contributed by atoms with Gasteiger partial charge in [0.05, 0.1) is 12.3 Å². The monoisotopic (exact) mass is 409 g/mol. The molecule has 0 saturated carbocycles. The van der Waals surface area contributed by atoms with E-state index < -0.39 is 0 Å². The number of aryl methyl sites for hydroxylation is 1. The van der Waals surface area contributed by atoms with E-state index in [4.69, 9.17) is 4.74 Å². The fourth-order valence-corrected chi connectivity index (χ4v) is 3.49. The van der Waals surface area contributed by atoms with Crippen LogP contribution in [0.25, 0.3) is 11.3 Å². The van der Waals surface area contributed by atoms with Crippen molar-refractivity contribution in [2.24, 2.45) is 0 Å². The van der Waals surface area contributed by atoms with Gasteiger partial charge in [-0.05, 0) is 43.2 Å². The van der Waals surface area contributed by atoms with Crippen LogP contribution in [-0.4, -0.2) is 23.4 Å². The Bertz CT molecular complexity index is 966. The summed E-state index contributed by atoms with van der Waals surface area (Å²) in [5.41, 5.74) is 3.53. The lowest BCUT2D eigenvalue weighted by Gasteiger charge is -2.05. The van der Waals surface area contributed by atoms with Gasteiger partial charge in [0, 0.05) is 30.0 Å². The lowest BCUT2D eigenvalue weighted by molar-refractivity contribution is -0.116. The number of nitrogens with zero attached hydrogens (tertiary/aromatic N) is 1. The molecule has 0 aliphatic carbocycles. The third kappa shape index (κ3) is 6.15. The number of benzene rings is 2. The van der Waals surface area contributed by atoms with Crippen LogP contribution < -0.4 is 15.4 Å². The van der Waals surface area contributed by atoms with Gasteiger partial charge in [-0.2, -0.15) is 0 Å². The maximum absolute atomic E-state index is 12.2. The molecule has 0 fully saturated rings. The number of hydrogen-bond donors (Lipinski definition) is 2. The summed E-state index contributed by atoms with van der Waals surface area (Å²) in [6, 6.07) is 15.2. The van der Waals surface area contributed by atoms with Crippen LogP contribution in [0.2, 0.25) is 0 Å². The lowest BCUT2D eigenvalue weighted by Crippen LogP contribution is -2.12. The highest BCUT2D eigenvalue weighted by atomic mass is 32.1. The molecular formula is C22H23N3O3S. The zero-order chi connectivity index (χ0) is 20.6. The van der Waals surface area contributed by atoms with E-state index in [0.29, 0.717) is 24.6 Å². The summed E-state index contributed by atoms with van der Waals surface area (Å²) in [7, 11) is 0. The van der Waals surface area contributed by atoms with Crippen molar-refractivity contribution in [3.8, 4) is 17.0 Å². The lowest BCUT2D eigenvalue weighted by atomic mass is 10.1. The van der Waals surface area contributed by atoms with Crippen LogP contribution >= 0.6 is 11.3 Å². The normalized spacial score (nSPS) is 10.4. The Hall–Kier alpha value is -3.19. The highest BCUT2D eigenvalue weighted by molar-refractivity contribution is 7.14. The molecule has 2 aromatic carbocycles. The van der Waals surface area contributed by atoms with Gasteiger partial charge < -0.3 is 15.4 Å². The number of rotatable bonds is 8. The van der Waals surface area contributed by atoms with Crippen LogP contribution in [0.3, 0.4) is 0 Å². The fourth-order valence-electron chi connectivity index (χ4n) is 2.75. The van der Waals surface area contributed by atoms with Gasteiger partial charge in [-0.1, -0.05) is 24.3 Å². The third-order valence-electron chi connectivity index (χ3n) is 4.13. The highest BCUT2D eigenvalue weighted by Gasteiger charge is 2.09. The predicted octanol–water partition coefficient (Wildman–Crippen LogP) is 4.74. The number of nitrogens with one attached hydrogen (secondary N) is 2. The van der Waals surface area contributed by atoms with Gasteiger partial charge in [0.2, 0.25) is 11.8 Å². The van der Waals surface area contributed by atoms with E-state index in [-0.39, 0.29) is 11.8 Å². The minimum absolute atomic E-state index is 0.0687. The fraction of sp³-hybridized carbons (Fsp3) is 0.227. The van der Waals surface area contributed by atoms with Crippen molar-refractivity contribution in [1.82, 2.24) is 4.98 Å². The summed E-state index contributed by atoms with van der Waals surface area (Å²) in [6.45, 7) is 4.05. The third-order valence-corrected chi connectivity index (χ3v) is 4.88. The Morgan fingerprint density at radius 3 is 2.41 bits per heavy atom. The van der Waals surface area contributed by atoms with E-state index in [1.54, 1.807) is 0 Å². The number of ether oxygens (including phenoxy) is 1. The topological polar surface area (TPSA) is 80.3 Å². The minimum atomic E-state index is -0.110. The van der Waals surface area contributed by atoms with Crippen molar-refractivity contribution in [2.75, 3.05) is 17.2 Å². The first kappa shape index (κ1) is 20.5. The number of carbonyl (C=O) groups is 2. The molecular weight excluding hydrogens is 386 g/mol. The molecule has 3 rings (SSSR count). The van der Waals surface area contributed by atoms with Gasteiger partial charge >= 0.3 is 0 Å². The second-order valence-corrected chi connectivity index (χ2v) is 7.28. The van der Waals surface area contributed by atoms with Crippen molar-refractivity contribution in [3.63, 3.8) is 0 Å². The Morgan fingerprint density at radius 2 is 1.76 bits per heavy atom. The molecule has 3 aromatic rings. The first-order valence-electron chi connectivity index (χ1n) is 9.38. The van der Waals surface area contributed by atoms with E-state index in [9.17, 15) is 9.59 Å². The molecule has 7 heteroatoms. The molecule has 2 amide bonds. The largest absolute Gasteiger partial charge is 0.494 e. The number of amides is 2. The summed E-state index contributed by atoms with van der Waals surface area (Å²) in [6.07, 6.45) is 1.04. The number of anilines is 2. The average molecular weight is 410 g/mol. The summed E-state index contributed by atoms with van der Waals surface area (Å²) in [4.78, 5) is 27.8. The van der Waals surface area contributed by atoms with Gasteiger partial charge in [-0.15, -0.1) is 11.3 Å². The van der Waals surface area contributed by atoms with Crippen LogP contribution in [-0.2, 0) is 16.0 Å². The summed E-state index contributed by atoms with van der Waals surface area (Å²) in [5.74, 6) is 0.656. The Labute approximate surface area is 173 Å². The van der Waals surface area contributed by atoms with Gasteiger partial charge in [-0.25, -0.2) is 4.98 Å². The standard InChI is InChI=1S/C22H23N3O3S/c1-3-28-19-11-4-16(5-12-19)6-13-21(27)25-22-24-20(14-29-22)17-7-9-18(10-8-17)23-15(2)26/h4-5,7-12,14H,3,6,13H2,1-2H3,(H,23,26)(H,24,25,27). The van der Waals surface area contributed by atoms with Gasteiger partial charge in [0.25, 0.3) is 0 Å². The summed E-state index contributed by atoms with van der Waals surface area (Å²) >= 11 is 1.39. The molecule has 1 heterocycles. The number of aromatic nitrogens is 1. The van der Waals surface area contributed by atoms with Crippen LogP contribution in [0.4, 0.5) is 10.8 Å². The zero-order valence-electron chi connectivity index (χ0n) is 16.4. The molecule has 0 bridgehead atoms. The first-order chi connectivity index (χ1) is 14.0.